The van der Waals surface area contributed by atoms with Gasteiger partial charge in [-0.05, 0) is 13.8 Å². The van der Waals surface area contributed by atoms with Crippen LogP contribution in [0.5, 0.6) is 0 Å². The lowest BCUT2D eigenvalue weighted by Gasteiger charge is -2.34. The van der Waals surface area contributed by atoms with Crippen molar-refractivity contribution in [2.24, 2.45) is 0 Å². The van der Waals surface area contributed by atoms with Gasteiger partial charge >= 0.3 is 0 Å². The van der Waals surface area contributed by atoms with Crippen molar-refractivity contribution in [3.8, 4) is 0 Å². The number of aliphatic hydroxyl groups is 4. The predicted octanol–water partition coefficient (Wildman–Crippen LogP) is -0.946. The number of fused-ring (bicyclic) bond motifs is 1. The van der Waals surface area contributed by atoms with Crippen LogP contribution in [0.25, 0.3) is 0 Å². The maximum Gasteiger partial charge on any atom is 0.186 e. The zero-order valence-electron chi connectivity index (χ0n) is 16.8. The molecular weight excluding hydrogens is 388 g/mol. The van der Waals surface area contributed by atoms with Gasteiger partial charge < -0.3 is 48.8 Å². The fraction of sp³-hybridized carbons (Fsp3) is 0.789. The van der Waals surface area contributed by atoms with Gasteiger partial charge in [-0.2, -0.15) is 0 Å². The predicted molar refractivity (Wildman–Crippen MR) is 99.6 cm³/mol. The van der Waals surface area contributed by atoms with Crippen molar-refractivity contribution in [2.45, 2.75) is 68.8 Å². The summed E-state index contributed by atoms with van der Waals surface area (Å²) < 4.78 is 32.0. The van der Waals surface area contributed by atoms with Crippen LogP contribution in [0.2, 0.25) is 0 Å². The van der Waals surface area contributed by atoms with E-state index in [1.54, 1.807) is 6.08 Å². The highest BCUT2D eigenvalue weighted by Gasteiger charge is 2.52. The minimum atomic E-state index is -1.22. The molecule has 0 spiro atoms. The van der Waals surface area contributed by atoms with E-state index in [9.17, 15) is 15.3 Å². The van der Waals surface area contributed by atoms with E-state index in [-0.39, 0.29) is 19.8 Å². The fourth-order valence-corrected chi connectivity index (χ4v) is 3.10. The minimum Gasteiger partial charge on any atom is -0.388 e. The highest BCUT2D eigenvalue weighted by molar-refractivity contribution is 4.92. The van der Waals surface area contributed by atoms with Crippen LogP contribution in [0.4, 0.5) is 0 Å². The topological polar surface area (TPSA) is 136 Å². The fourth-order valence-electron chi connectivity index (χ4n) is 3.10. The van der Waals surface area contributed by atoms with Crippen molar-refractivity contribution in [3.63, 3.8) is 0 Å². The van der Waals surface area contributed by atoms with Gasteiger partial charge in [0, 0.05) is 0 Å². The van der Waals surface area contributed by atoms with Crippen molar-refractivity contribution in [1.29, 1.82) is 0 Å². The van der Waals surface area contributed by atoms with E-state index >= 15 is 0 Å². The normalized spacial score (nSPS) is 41.0. The van der Waals surface area contributed by atoms with Crippen molar-refractivity contribution in [3.05, 3.63) is 25.3 Å². The van der Waals surface area contributed by atoms with Gasteiger partial charge in [0.05, 0.1) is 26.4 Å². The molecule has 0 amide bonds. The molecule has 0 radical (unpaired) electrons. The number of hydrogen-bond donors (Lipinski definition) is 4. The summed E-state index contributed by atoms with van der Waals surface area (Å²) in [5, 5.41) is 37.4. The first-order chi connectivity index (χ1) is 13.7. The van der Waals surface area contributed by atoms with Crippen LogP contribution in [0, 0.1) is 0 Å². The molecule has 3 rings (SSSR count). The Morgan fingerprint density at radius 3 is 1.97 bits per heavy atom. The largest absolute Gasteiger partial charge is 0.388 e. The second-order valence-corrected chi connectivity index (χ2v) is 7.33. The standard InChI is InChI=1S/C11H18O5.C8H14O5/c1-4-5-13-10-9-8(7(12)6-14-10)15-11(2,3)16-9;1-2-3-12-8-7(11)6(10)5(9)4-13-8/h4,7-10,12H,1,5-6H2,2-3H3;2,5-11H,1,3-4H2/t7-,8+,9+,10+;5-,6+,7+,8+/m11/s1. The van der Waals surface area contributed by atoms with Gasteiger partial charge in [0.1, 0.15) is 36.6 Å². The average molecular weight is 420 g/mol. The molecule has 8 atom stereocenters. The van der Waals surface area contributed by atoms with Crippen molar-refractivity contribution < 1.29 is 48.8 Å². The molecule has 10 nitrogen and oxygen atoms in total. The van der Waals surface area contributed by atoms with Crippen LogP contribution in [-0.4, -0.2) is 102 Å². The summed E-state index contributed by atoms with van der Waals surface area (Å²) in [7, 11) is 0. The Bertz CT molecular complexity index is 527. The number of rotatable bonds is 6. The molecule has 3 aliphatic heterocycles. The highest BCUT2D eigenvalue weighted by Crippen LogP contribution is 2.35. The molecule has 3 fully saturated rings. The molecule has 168 valence electrons. The lowest BCUT2D eigenvalue weighted by Crippen LogP contribution is -2.53. The molecule has 0 aliphatic carbocycles. The summed E-state index contributed by atoms with van der Waals surface area (Å²) in [6.45, 7) is 11.4. The third-order valence-electron chi connectivity index (χ3n) is 4.45. The van der Waals surface area contributed by atoms with Gasteiger partial charge in [0.2, 0.25) is 0 Å². The summed E-state index contributed by atoms with van der Waals surface area (Å²) in [4.78, 5) is 0. The van der Waals surface area contributed by atoms with Crippen molar-refractivity contribution in [2.75, 3.05) is 26.4 Å². The van der Waals surface area contributed by atoms with E-state index in [1.807, 2.05) is 13.8 Å². The van der Waals surface area contributed by atoms with Gasteiger partial charge in [-0.3, -0.25) is 0 Å². The zero-order chi connectivity index (χ0) is 21.6. The minimum absolute atomic E-state index is 0.0416. The molecule has 10 heteroatoms. The Hall–Kier alpha value is -0.920. The first-order valence-electron chi connectivity index (χ1n) is 9.46. The number of hydrogen-bond acceptors (Lipinski definition) is 10. The smallest absolute Gasteiger partial charge is 0.186 e. The first kappa shape index (κ1) is 24.4. The SMILES string of the molecule is C=CCO[C@H]1OC[C@@H](O)[C@@H]2OC(C)(C)O[C@H]12.C=CCO[C@H]1OC[C@@H](O)[C@H](O)[C@@H]1O. The monoisotopic (exact) mass is 420 g/mol. The first-order valence-corrected chi connectivity index (χ1v) is 9.46. The molecule has 3 heterocycles. The maximum atomic E-state index is 9.75. The number of ether oxygens (including phenoxy) is 6. The summed E-state index contributed by atoms with van der Waals surface area (Å²) in [6.07, 6.45) is -3.19. The molecule has 0 saturated carbocycles. The Morgan fingerprint density at radius 1 is 0.828 bits per heavy atom. The van der Waals surface area contributed by atoms with Gasteiger partial charge in [0.25, 0.3) is 0 Å². The summed E-state index contributed by atoms with van der Waals surface area (Å²) in [5.41, 5.74) is 0. The van der Waals surface area contributed by atoms with Gasteiger partial charge in [-0.1, -0.05) is 12.2 Å². The van der Waals surface area contributed by atoms with E-state index in [0.717, 1.165) is 0 Å². The van der Waals surface area contributed by atoms with E-state index in [4.69, 9.17) is 33.5 Å². The van der Waals surface area contributed by atoms with Gasteiger partial charge in [-0.15, -0.1) is 13.2 Å². The summed E-state index contributed by atoms with van der Waals surface area (Å²) in [5.74, 6) is -0.709. The lowest BCUT2D eigenvalue weighted by molar-refractivity contribution is -0.266. The lowest BCUT2D eigenvalue weighted by atomic mass is 10.1. The molecule has 0 bridgehead atoms. The third-order valence-corrected chi connectivity index (χ3v) is 4.45. The molecule has 0 aromatic heterocycles. The molecule has 0 unspecified atom stereocenters. The Kier molecular flexibility index (Phi) is 9.16. The van der Waals surface area contributed by atoms with Crippen molar-refractivity contribution >= 4 is 0 Å². The second kappa shape index (κ2) is 10.9. The molecule has 4 N–H and O–H groups in total. The Morgan fingerprint density at radius 2 is 1.34 bits per heavy atom. The van der Waals surface area contributed by atoms with Crippen LogP contribution in [0.3, 0.4) is 0 Å². The second-order valence-electron chi connectivity index (χ2n) is 7.33. The van der Waals surface area contributed by atoms with Crippen molar-refractivity contribution in [1.82, 2.24) is 0 Å². The van der Waals surface area contributed by atoms with Crippen LogP contribution in [-0.2, 0) is 28.4 Å². The van der Waals surface area contributed by atoms with Crippen LogP contribution >= 0.6 is 0 Å². The van der Waals surface area contributed by atoms with E-state index < -0.39 is 55.0 Å². The van der Waals surface area contributed by atoms with Crippen LogP contribution < -0.4 is 0 Å². The maximum absolute atomic E-state index is 9.75. The molecule has 3 aliphatic rings. The third kappa shape index (κ3) is 6.53. The Labute approximate surface area is 170 Å². The van der Waals surface area contributed by atoms with Crippen LogP contribution in [0.1, 0.15) is 13.8 Å². The van der Waals surface area contributed by atoms with Gasteiger partial charge in [-0.25, -0.2) is 0 Å². The van der Waals surface area contributed by atoms with E-state index in [1.165, 1.54) is 6.08 Å². The molecule has 0 aromatic carbocycles. The molecule has 3 saturated heterocycles. The quantitative estimate of drug-likeness (QED) is 0.398. The molecular formula is C19H32O10. The Balaban J connectivity index is 0.000000212. The van der Waals surface area contributed by atoms with Crippen LogP contribution in [0.15, 0.2) is 25.3 Å². The number of aliphatic hydroxyl groups excluding tert-OH is 4. The molecule has 0 aromatic rings. The molecule has 29 heavy (non-hydrogen) atoms. The summed E-state index contributed by atoms with van der Waals surface area (Å²) in [6, 6.07) is 0. The van der Waals surface area contributed by atoms with Gasteiger partial charge in [0.15, 0.2) is 18.4 Å². The average Bonchev–Trinajstić information content (AvgIpc) is 3.02. The van der Waals surface area contributed by atoms with E-state index in [0.29, 0.717) is 6.61 Å². The highest BCUT2D eigenvalue weighted by atomic mass is 16.8. The van der Waals surface area contributed by atoms with E-state index in [2.05, 4.69) is 13.2 Å². The zero-order valence-corrected chi connectivity index (χ0v) is 16.8. The summed E-state index contributed by atoms with van der Waals surface area (Å²) >= 11 is 0.